The van der Waals surface area contributed by atoms with Crippen LogP contribution in [0, 0.1) is 12.7 Å². The van der Waals surface area contributed by atoms with Gasteiger partial charge in [0.25, 0.3) is 0 Å². The van der Waals surface area contributed by atoms with Gasteiger partial charge in [-0.05, 0) is 24.6 Å². The fourth-order valence-corrected chi connectivity index (χ4v) is 2.45. The van der Waals surface area contributed by atoms with Crippen molar-refractivity contribution in [1.82, 2.24) is 5.32 Å². The number of amides is 1. The molecule has 0 aliphatic carbocycles. The quantitative estimate of drug-likeness (QED) is 0.827. The average Bonchev–Trinajstić information content (AvgIpc) is 2.76. The molecule has 1 heterocycles. The zero-order valence-electron chi connectivity index (χ0n) is 8.92. The van der Waals surface area contributed by atoms with Crippen molar-refractivity contribution in [2.75, 3.05) is 16.9 Å². The van der Waals surface area contributed by atoms with Gasteiger partial charge in [-0.1, -0.05) is 6.07 Å². The van der Waals surface area contributed by atoms with Crippen molar-refractivity contribution >= 4 is 23.4 Å². The molecule has 1 aliphatic rings. The second kappa shape index (κ2) is 4.84. The molecule has 3 nitrogen and oxygen atoms in total. The van der Waals surface area contributed by atoms with Gasteiger partial charge in [-0.15, -0.1) is 11.8 Å². The maximum atomic E-state index is 13.0. The van der Waals surface area contributed by atoms with Crippen LogP contribution in [0.25, 0.3) is 0 Å². The first-order chi connectivity index (χ1) is 7.66. The summed E-state index contributed by atoms with van der Waals surface area (Å²) in [5.41, 5.74) is 1.41. The second-order valence-electron chi connectivity index (χ2n) is 3.72. The van der Waals surface area contributed by atoms with Crippen molar-refractivity contribution in [2.45, 2.75) is 13.0 Å². The Morgan fingerprint density at radius 2 is 2.44 bits per heavy atom. The van der Waals surface area contributed by atoms with Gasteiger partial charge in [0, 0.05) is 17.3 Å². The molecule has 1 amide bonds. The molecule has 1 aliphatic heterocycles. The summed E-state index contributed by atoms with van der Waals surface area (Å²) < 4.78 is 13.0. The Balaban J connectivity index is 2.07. The molecule has 2 rings (SSSR count). The lowest BCUT2D eigenvalue weighted by Crippen LogP contribution is -2.37. The lowest BCUT2D eigenvalue weighted by Gasteiger charge is -2.12. The summed E-state index contributed by atoms with van der Waals surface area (Å²) >= 11 is 1.68. The number of aryl methyl sites for hydroxylation is 1. The third-order valence-electron chi connectivity index (χ3n) is 2.49. The molecule has 86 valence electrons. The Morgan fingerprint density at radius 1 is 1.62 bits per heavy atom. The maximum Gasteiger partial charge on any atom is 0.242 e. The molecule has 0 radical (unpaired) electrons. The van der Waals surface area contributed by atoms with Crippen LogP contribution in [-0.4, -0.2) is 23.6 Å². The van der Waals surface area contributed by atoms with E-state index >= 15 is 0 Å². The van der Waals surface area contributed by atoms with Crippen LogP contribution in [0.1, 0.15) is 5.56 Å². The number of hydrogen-bond acceptors (Lipinski definition) is 3. The molecular weight excluding hydrogens is 227 g/mol. The van der Waals surface area contributed by atoms with Crippen molar-refractivity contribution < 1.29 is 9.18 Å². The fraction of sp³-hybridized carbons (Fsp3) is 0.364. The number of carbonyl (C=O) groups excluding carboxylic acids is 1. The monoisotopic (exact) mass is 240 g/mol. The highest BCUT2D eigenvalue weighted by Gasteiger charge is 2.22. The number of nitrogens with one attached hydrogen (secondary N) is 2. The topological polar surface area (TPSA) is 41.1 Å². The van der Waals surface area contributed by atoms with Crippen LogP contribution in [0.15, 0.2) is 18.2 Å². The van der Waals surface area contributed by atoms with E-state index in [0.29, 0.717) is 5.69 Å². The number of benzene rings is 1. The number of carbonyl (C=O) groups is 1. The van der Waals surface area contributed by atoms with E-state index in [-0.39, 0.29) is 17.8 Å². The van der Waals surface area contributed by atoms with E-state index in [1.807, 2.05) is 6.92 Å². The van der Waals surface area contributed by atoms with Crippen LogP contribution >= 0.6 is 11.8 Å². The Bertz CT molecular complexity index is 405. The molecule has 1 fully saturated rings. The lowest BCUT2D eigenvalue weighted by molar-refractivity contribution is -0.117. The second-order valence-corrected chi connectivity index (χ2v) is 4.75. The van der Waals surface area contributed by atoms with E-state index in [0.717, 1.165) is 17.2 Å². The molecule has 2 N–H and O–H groups in total. The van der Waals surface area contributed by atoms with Gasteiger partial charge < -0.3 is 5.32 Å². The summed E-state index contributed by atoms with van der Waals surface area (Å²) in [6, 6.07) is 4.21. The van der Waals surface area contributed by atoms with Crippen molar-refractivity contribution in [3.63, 3.8) is 0 Å². The summed E-state index contributed by atoms with van der Waals surface area (Å²) in [6.07, 6.45) is 0. The van der Waals surface area contributed by atoms with Gasteiger partial charge in [-0.3, -0.25) is 10.1 Å². The number of thioether (sulfide) groups is 1. The smallest absolute Gasteiger partial charge is 0.242 e. The largest absolute Gasteiger partial charge is 0.324 e. The van der Waals surface area contributed by atoms with E-state index in [1.54, 1.807) is 17.8 Å². The molecular formula is C11H13FN2OS. The molecule has 5 heteroatoms. The third kappa shape index (κ3) is 2.54. The zero-order chi connectivity index (χ0) is 11.5. The van der Waals surface area contributed by atoms with E-state index in [9.17, 15) is 9.18 Å². The minimum atomic E-state index is -0.338. The molecule has 1 saturated heterocycles. The van der Waals surface area contributed by atoms with Crippen LogP contribution in [0.4, 0.5) is 10.1 Å². The minimum Gasteiger partial charge on any atom is -0.324 e. The van der Waals surface area contributed by atoms with Crippen molar-refractivity contribution in [3.05, 3.63) is 29.6 Å². The summed E-state index contributed by atoms with van der Waals surface area (Å²) in [5.74, 6) is 1.12. The van der Waals surface area contributed by atoms with E-state index in [4.69, 9.17) is 0 Å². The summed E-state index contributed by atoms with van der Waals surface area (Å²) in [5, 5.41) is 5.81. The molecule has 0 spiro atoms. The number of anilines is 1. The Kier molecular flexibility index (Phi) is 3.46. The normalized spacial score (nSPS) is 19.8. The van der Waals surface area contributed by atoms with E-state index < -0.39 is 0 Å². The molecule has 0 bridgehead atoms. The van der Waals surface area contributed by atoms with Crippen LogP contribution in [0.5, 0.6) is 0 Å². The first-order valence-corrected chi connectivity index (χ1v) is 6.20. The number of rotatable bonds is 2. The van der Waals surface area contributed by atoms with Crippen molar-refractivity contribution in [3.8, 4) is 0 Å². The van der Waals surface area contributed by atoms with Gasteiger partial charge in [0.05, 0.1) is 6.04 Å². The van der Waals surface area contributed by atoms with Crippen molar-refractivity contribution in [1.29, 1.82) is 0 Å². The van der Waals surface area contributed by atoms with E-state index in [1.165, 1.54) is 12.1 Å². The number of halogens is 1. The molecule has 1 atom stereocenters. The fourth-order valence-electron chi connectivity index (χ4n) is 1.51. The molecule has 1 aromatic rings. The summed E-state index contributed by atoms with van der Waals surface area (Å²) in [4.78, 5) is 11.8. The molecule has 1 unspecified atom stereocenters. The molecule has 1 aromatic carbocycles. The number of hydrogen-bond donors (Lipinski definition) is 2. The summed E-state index contributed by atoms with van der Waals surface area (Å²) in [7, 11) is 0. The Morgan fingerprint density at radius 3 is 3.12 bits per heavy atom. The molecule has 16 heavy (non-hydrogen) atoms. The van der Waals surface area contributed by atoms with Crippen LogP contribution in [0.2, 0.25) is 0 Å². The van der Waals surface area contributed by atoms with Crippen LogP contribution in [0.3, 0.4) is 0 Å². The molecule has 0 aromatic heterocycles. The lowest BCUT2D eigenvalue weighted by atomic mass is 10.2. The highest BCUT2D eigenvalue weighted by Crippen LogP contribution is 2.17. The predicted molar refractivity (Wildman–Crippen MR) is 64.0 cm³/mol. The first-order valence-electron chi connectivity index (χ1n) is 5.05. The van der Waals surface area contributed by atoms with Gasteiger partial charge in [0.2, 0.25) is 5.91 Å². The molecule has 0 saturated carbocycles. The average molecular weight is 240 g/mol. The maximum absolute atomic E-state index is 13.0. The van der Waals surface area contributed by atoms with Gasteiger partial charge in [0.1, 0.15) is 5.82 Å². The predicted octanol–water partition coefficient (Wildman–Crippen LogP) is 1.74. The first kappa shape index (κ1) is 11.4. The minimum absolute atomic E-state index is 0.0984. The van der Waals surface area contributed by atoms with Gasteiger partial charge in [0.15, 0.2) is 0 Å². The SMILES string of the molecule is Cc1ccc(F)cc1NC(=O)C1CSCN1. The highest BCUT2D eigenvalue weighted by molar-refractivity contribution is 7.99. The zero-order valence-corrected chi connectivity index (χ0v) is 9.73. The Hall–Kier alpha value is -1.07. The third-order valence-corrected chi connectivity index (χ3v) is 3.43. The standard InChI is InChI=1S/C11H13FN2OS/c1-7-2-3-8(12)4-9(7)14-11(15)10-5-16-6-13-10/h2-4,10,13H,5-6H2,1H3,(H,14,15). The van der Waals surface area contributed by atoms with Crippen LogP contribution in [-0.2, 0) is 4.79 Å². The van der Waals surface area contributed by atoms with E-state index in [2.05, 4.69) is 10.6 Å². The van der Waals surface area contributed by atoms with Crippen LogP contribution < -0.4 is 10.6 Å². The van der Waals surface area contributed by atoms with Crippen molar-refractivity contribution in [2.24, 2.45) is 0 Å². The highest BCUT2D eigenvalue weighted by atomic mass is 32.2. The Labute approximate surface area is 97.8 Å². The van der Waals surface area contributed by atoms with Gasteiger partial charge in [-0.2, -0.15) is 0 Å². The van der Waals surface area contributed by atoms with Gasteiger partial charge in [-0.25, -0.2) is 4.39 Å². The van der Waals surface area contributed by atoms with Gasteiger partial charge >= 0.3 is 0 Å². The summed E-state index contributed by atoms with van der Waals surface area (Å²) in [6.45, 7) is 1.84.